The molecule has 0 bridgehead atoms. The summed E-state index contributed by atoms with van der Waals surface area (Å²) in [6.07, 6.45) is 7.20. The Bertz CT molecular complexity index is 365. The van der Waals surface area contributed by atoms with Crippen LogP contribution in [0.15, 0.2) is 0 Å². The second-order valence-electron chi connectivity index (χ2n) is 7.07. The smallest absolute Gasteiger partial charge is 0.280 e. The molecule has 1 aliphatic rings. The Morgan fingerprint density at radius 2 is 1.74 bits per heavy atom. The summed E-state index contributed by atoms with van der Waals surface area (Å²) in [5.41, 5.74) is 5.81. The van der Waals surface area contributed by atoms with Gasteiger partial charge in [0.15, 0.2) is 0 Å². The zero-order chi connectivity index (χ0) is 14.7. The van der Waals surface area contributed by atoms with E-state index < -0.39 is 15.5 Å². The predicted octanol–water partition coefficient (Wildman–Crippen LogP) is 3.18. The number of hydrogen-bond acceptors (Lipinski definition) is 3. The van der Waals surface area contributed by atoms with E-state index in [-0.39, 0.29) is 0 Å². The van der Waals surface area contributed by atoms with Crippen molar-refractivity contribution in [2.75, 3.05) is 0 Å². The van der Waals surface area contributed by atoms with Gasteiger partial charge in [-0.1, -0.05) is 46.5 Å². The van der Waals surface area contributed by atoms with Gasteiger partial charge in [-0.05, 0) is 36.5 Å². The molecule has 0 saturated heterocycles. The van der Waals surface area contributed by atoms with Crippen LogP contribution in [0.2, 0.25) is 0 Å². The van der Waals surface area contributed by atoms with Gasteiger partial charge in [-0.15, -0.1) is 0 Å². The average Bonchev–Trinajstić information content (AvgIpc) is 2.27. The highest BCUT2D eigenvalue weighted by atomic mass is 32.2. The van der Waals surface area contributed by atoms with Crippen molar-refractivity contribution in [1.82, 2.24) is 0 Å². The third kappa shape index (κ3) is 5.79. The van der Waals surface area contributed by atoms with E-state index in [1.54, 1.807) is 0 Å². The quantitative estimate of drug-likeness (QED) is 0.762. The predicted molar refractivity (Wildman–Crippen MR) is 78.3 cm³/mol. The van der Waals surface area contributed by atoms with Crippen LogP contribution >= 0.6 is 0 Å². The van der Waals surface area contributed by atoms with Crippen molar-refractivity contribution in [3.63, 3.8) is 0 Å². The zero-order valence-corrected chi connectivity index (χ0v) is 13.2. The third-order valence-electron chi connectivity index (χ3n) is 4.56. The van der Waals surface area contributed by atoms with E-state index in [0.29, 0.717) is 17.8 Å². The molecule has 3 N–H and O–H groups in total. The first-order valence-electron chi connectivity index (χ1n) is 7.32. The topological polar surface area (TPSA) is 80.4 Å². The van der Waals surface area contributed by atoms with Crippen molar-refractivity contribution >= 4 is 10.1 Å². The van der Waals surface area contributed by atoms with Gasteiger partial charge in [-0.25, -0.2) is 0 Å². The van der Waals surface area contributed by atoms with Gasteiger partial charge in [0.05, 0.1) is 0 Å². The lowest BCUT2D eigenvalue weighted by Crippen LogP contribution is -2.30. The molecule has 0 aromatic rings. The molecule has 4 nitrogen and oxygen atoms in total. The molecule has 1 fully saturated rings. The second-order valence-corrected chi connectivity index (χ2v) is 8.70. The van der Waals surface area contributed by atoms with Crippen LogP contribution in [-0.4, -0.2) is 18.3 Å². The van der Waals surface area contributed by atoms with E-state index in [0.717, 1.165) is 18.8 Å². The Hall–Kier alpha value is -0.130. The van der Waals surface area contributed by atoms with Gasteiger partial charge in [0.1, 0.15) is 5.37 Å². The molecule has 1 unspecified atom stereocenters. The number of rotatable bonds is 5. The van der Waals surface area contributed by atoms with Crippen LogP contribution in [0.25, 0.3) is 0 Å². The minimum absolute atomic E-state index is 0.359. The lowest BCUT2D eigenvalue weighted by Gasteiger charge is -2.37. The van der Waals surface area contributed by atoms with Crippen molar-refractivity contribution in [2.24, 2.45) is 23.0 Å². The van der Waals surface area contributed by atoms with Crippen molar-refractivity contribution in [3.8, 4) is 0 Å². The minimum Gasteiger partial charge on any atom is -0.313 e. The maximum absolute atomic E-state index is 10.8. The summed E-state index contributed by atoms with van der Waals surface area (Å²) < 4.78 is 30.4. The second kappa shape index (κ2) is 6.55. The fraction of sp³-hybridized carbons (Fsp3) is 1.00. The maximum atomic E-state index is 10.8. The van der Waals surface area contributed by atoms with Crippen LogP contribution in [0.1, 0.15) is 65.7 Å². The molecule has 19 heavy (non-hydrogen) atoms. The highest BCUT2D eigenvalue weighted by molar-refractivity contribution is 7.86. The molecule has 1 rings (SSSR count). The van der Waals surface area contributed by atoms with Crippen LogP contribution in [-0.2, 0) is 10.1 Å². The molecule has 0 spiro atoms. The summed E-state index contributed by atoms with van der Waals surface area (Å²) in [6.45, 7) is 6.93. The van der Waals surface area contributed by atoms with E-state index in [1.165, 1.54) is 25.7 Å². The summed E-state index contributed by atoms with van der Waals surface area (Å²) in [7, 11) is -4.06. The molecule has 5 heteroatoms. The monoisotopic (exact) mass is 291 g/mol. The molecule has 1 atom stereocenters. The standard InChI is InChI=1S/C14H29NO3S/c1-14(2,3)12-9-7-11(8-10-12)5-4-6-13(15)19(16,17)18/h11-13H,4-10,15H2,1-3H3,(H,16,17,18). The molecular formula is C14H29NO3S. The molecule has 1 aliphatic carbocycles. The van der Waals surface area contributed by atoms with Crippen molar-refractivity contribution < 1.29 is 13.0 Å². The summed E-state index contributed by atoms with van der Waals surface area (Å²) in [5, 5.41) is -1.11. The number of hydrogen-bond donors (Lipinski definition) is 2. The van der Waals surface area contributed by atoms with E-state index in [1.807, 2.05) is 0 Å². The Morgan fingerprint density at radius 3 is 2.16 bits per heavy atom. The lowest BCUT2D eigenvalue weighted by molar-refractivity contribution is 0.145. The molecule has 0 radical (unpaired) electrons. The molecular weight excluding hydrogens is 262 g/mol. The van der Waals surface area contributed by atoms with E-state index in [4.69, 9.17) is 10.3 Å². The first kappa shape index (κ1) is 16.9. The van der Waals surface area contributed by atoms with Crippen LogP contribution < -0.4 is 5.73 Å². The Labute approximate surface area is 117 Å². The van der Waals surface area contributed by atoms with Crippen molar-refractivity contribution in [1.29, 1.82) is 0 Å². The fourth-order valence-corrected chi connectivity index (χ4v) is 3.54. The van der Waals surface area contributed by atoms with Crippen LogP contribution in [0, 0.1) is 17.3 Å². The van der Waals surface area contributed by atoms with Gasteiger partial charge >= 0.3 is 0 Å². The van der Waals surface area contributed by atoms with Crippen LogP contribution in [0.3, 0.4) is 0 Å². The minimum atomic E-state index is -4.06. The van der Waals surface area contributed by atoms with Crippen molar-refractivity contribution in [3.05, 3.63) is 0 Å². The van der Waals surface area contributed by atoms with Gasteiger partial charge in [-0.3, -0.25) is 4.55 Å². The van der Waals surface area contributed by atoms with Gasteiger partial charge in [0.2, 0.25) is 0 Å². The summed E-state index contributed by atoms with van der Waals surface area (Å²) in [4.78, 5) is 0. The molecule has 0 heterocycles. The molecule has 0 amide bonds. The van der Waals surface area contributed by atoms with Gasteiger partial charge in [0, 0.05) is 0 Å². The highest BCUT2D eigenvalue weighted by Crippen LogP contribution is 2.41. The van der Waals surface area contributed by atoms with E-state index in [2.05, 4.69) is 20.8 Å². The summed E-state index contributed by atoms with van der Waals surface area (Å²) in [6, 6.07) is 0. The largest absolute Gasteiger partial charge is 0.313 e. The zero-order valence-electron chi connectivity index (χ0n) is 12.4. The molecule has 0 aromatic heterocycles. The Balaban J connectivity index is 2.24. The SMILES string of the molecule is CC(C)(C)C1CCC(CCCC(N)S(=O)(=O)O)CC1. The third-order valence-corrected chi connectivity index (χ3v) is 5.56. The number of nitrogens with two attached hydrogens (primary N) is 1. The molecule has 0 aromatic carbocycles. The fourth-order valence-electron chi connectivity index (χ4n) is 3.07. The maximum Gasteiger partial charge on any atom is 0.280 e. The molecule has 0 aliphatic heterocycles. The normalized spacial score (nSPS) is 27.2. The van der Waals surface area contributed by atoms with E-state index in [9.17, 15) is 8.42 Å². The van der Waals surface area contributed by atoms with Crippen molar-refractivity contribution in [2.45, 2.75) is 71.1 Å². The van der Waals surface area contributed by atoms with Gasteiger partial charge in [0.25, 0.3) is 10.1 Å². The summed E-state index contributed by atoms with van der Waals surface area (Å²) in [5.74, 6) is 1.51. The lowest BCUT2D eigenvalue weighted by atomic mass is 9.69. The Morgan fingerprint density at radius 1 is 1.21 bits per heavy atom. The summed E-state index contributed by atoms with van der Waals surface area (Å²) >= 11 is 0. The average molecular weight is 291 g/mol. The Kier molecular flexibility index (Phi) is 5.83. The van der Waals surface area contributed by atoms with Gasteiger partial charge < -0.3 is 5.73 Å². The highest BCUT2D eigenvalue weighted by Gasteiger charge is 2.29. The molecule has 114 valence electrons. The first-order valence-corrected chi connectivity index (χ1v) is 8.83. The van der Waals surface area contributed by atoms with Crippen LogP contribution in [0.5, 0.6) is 0 Å². The van der Waals surface area contributed by atoms with E-state index >= 15 is 0 Å². The van der Waals surface area contributed by atoms with Crippen LogP contribution in [0.4, 0.5) is 0 Å². The molecule has 1 saturated carbocycles. The van der Waals surface area contributed by atoms with Gasteiger partial charge in [-0.2, -0.15) is 8.42 Å². The first-order chi connectivity index (χ1) is 8.60.